The first-order chi connectivity index (χ1) is 13.8. The zero-order valence-electron chi connectivity index (χ0n) is 17.9. The van der Waals surface area contributed by atoms with Crippen molar-refractivity contribution >= 4 is 29.7 Å². The molecule has 0 aliphatic rings. The van der Waals surface area contributed by atoms with Crippen molar-refractivity contribution in [2.75, 3.05) is 0 Å². The van der Waals surface area contributed by atoms with Crippen molar-refractivity contribution in [3.63, 3.8) is 0 Å². The van der Waals surface area contributed by atoms with Gasteiger partial charge in [0.05, 0.1) is 4.75 Å². The number of rotatable bonds is 6. The molecule has 152 valence electrons. The van der Waals surface area contributed by atoms with Crippen LogP contribution in [-0.2, 0) is 17.5 Å². The molecule has 0 heterocycles. The summed E-state index contributed by atoms with van der Waals surface area (Å²) >= 11 is 0. The van der Waals surface area contributed by atoms with Gasteiger partial charge in [-0.15, -0.1) is 0 Å². The fourth-order valence-corrected chi connectivity index (χ4v) is 8.30. The Kier molecular flexibility index (Phi) is 7.05. The molecule has 0 aromatic heterocycles. The Balaban J connectivity index is 2.21. The van der Waals surface area contributed by atoms with Crippen molar-refractivity contribution in [1.29, 1.82) is 0 Å². The Morgan fingerprint density at radius 3 is 1.66 bits per heavy atom. The van der Waals surface area contributed by atoms with E-state index in [0.29, 0.717) is 6.54 Å². The second-order valence-corrected chi connectivity index (χ2v) is 12.7. The van der Waals surface area contributed by atoms with E-state index in [-0.39, 0.29) is 4.75 Å². The largest absolute Gasteiger partial charge is 0.242 e. The van der Waals surface area contributed by atoms with Crippen molar-refractivity contribution in [3.05, 3.63) is 95.6 Å². The topological polar surface area (TPSA) is 20.3 Å². The minimum Gasteiger partial charge on any atom is -0.242 e. The molecule has 0 N–H and O–H groups in total. The van der Waals surface area contributed by atoms with Crippen LogP contribution in [0.5, 0.6) is 0 Å². The van der Waals surface area contributed by atoms with Gasteiger partial charge in [0.25, 0.3) is 0 Å². The maximum Gasteiger partial charge on any atom is 0.104 e. The lowest BCUT2D eigenvalue weighted by Crippen LogP contribution is -2.39. The lowest BCUT2D eigenvalue weighted by molar-refractivity contribution is 0.585. The van der Waals surface area contributed by atoms with Gasteiger partial charge in [0, 0.05) is 14.6 Å². The summed E-state index contributed by atoms with van der Waals surface area (Å²) in [7, 11) is -2.11. The lowest BCUT2D eigenvalue weighted by Gasteiger charge is -2.36. The van der Waals surface area contributed by atoms with E-state index in [4.69, 9.17) is 0 Å². The van der Waals surface area contributed by atoms with Crippen LogP contribution < -0.4 is 10.6 Å². The minimum absolute atomic E-state index is 0.346. The zero-order valence-corrected chi connectivity index (χ0v) is 19.6. The highest BCUT2D eigenvalue weighted by molar-refractivity contribution is 7.93. The summed E-state index contributed by atoms with van der Waals surface area (Å²) in [5.41, 5.74) is 3.66. The number of benzene rings is 3. The van der Waals surface area contributed by atoms with E-state index in [1.807, 2.05) is 6.07 Å². The first-order valence-corrected chi connectivity index (χ1v) is 12.3. The predicted molar refractivity (Wildman–Crippen MR) is 128 cm³/mol. The third-order valence-electron chi connectivity index (χ3n) is 4.79. The van der Waals surface area contributed by atoms with Gasteiger partial charge in [-0.25, -0.2) is 4.21 Å². The molecule has 2 nitrogen and oxygen atoms in total. The molecule has 4 heteroatoms. The second-order valence-electron chi connectivity index (χ2n) is 8.24. The first kappa shape index (κ1) is 21.9. The molecule has 1 atom stereocenters. The summed E-state index contributed by atoms with van der Waals surface area (Å²) < 4.78 is 15.7. The van der Waals surface area contributed by atoms with E-state index >= 15 is 0 Å². The van der Waals surface area contributed by atoms with E-state index < -0.39 is 19.1 Å². The fraction of sp³-hybridized carbons (Fsp3) is 0.280. The number of hydrogen-bond donors (Lipinski definition) is 0. The summed E-state index contributed by atoms with van der Waals surface area (Å²) in [6.45, 7) is 11.1. The van der Waals surface area contributed by atoms with Crippen LogP contribution in [0.1, 0.15) is 37.5 Å². The van der Waals surface area contributed by atoms with E-state index in [1.54, 1.807) is 0 Å². The molecule has 0 radical (unpaired) electrons. The van der Waals surface area contributed by atoms with Crippen LogP contribution >= 0.6 is 8.07 Å². The number of nitrogens with zero attached hydrogens (tertiary/aromatic N) is 1. The Morgan fingerprint density at radius 2 is 1.21 bits per heavy atom. The minimum atomic E-state index is -1.16. The Hall–Kier alpha value is -1.80. The highest BCUT2D eigenvalue weighted by atomic mass is 32.2. The average molecular weight is 424 g/mol. The number of hydrogen-bond acceptors (Lipinski definition) is 1. The van der Waals surface area contributed by atoms with Crippen molar-refractivity contribution in [2.45, 2.75) is 45.9 Å². The van der Waals surface area contributed by atoms with Gasteiger partial charge in [-0.1, -0.05) is 78.9 Å². The Bertz CT molecular complexity index is 936. The monoisotopic (exact) mass is 423 g/mol. The second kappa shape index (κ2) is 9.34. The SMILES string of the molecule is Cc1ccccc1P(c1ccccc1C)N(Cc1ccccc1)[S@@](=O)C(C)(C)C. The molecule has 0 unspecified atom stereocenters. The maximum atomic E-state index is 13.8. The normalized spacial score (nSPS) is 13.1. The van der Waals surface area contributed by atoms with Gasteiger partial charge in [0.1, 0.15) is 11.0 Å². The molecular weight excluding hydrogens is 393 g/mol. The van der Waals surface area contributed by atoms with Gasteiger partial charge in [-0.05, 0) is 61.9 Å². The highest BCUT2D eigenvalue weighted by Crippen LogP contribution is 2.44. The van der Waals surface area contributed by atoms with Gasteiger partial charge in [-0.2, -0.15) is 4.08 Å². The third kappa shape index (κ3) is 5.22. The van der Waals surface area contributed by atoms with Crippen LogP contribution in [0.2, 0.25) is 0 Å². The van der Waals surface area contributed by atoms with E-state index in [9.17, 15) is 4.21 Å². The molecule has 0 aliphatic carbocycles. The van der Waals surface area contributed by atoms with Gasteiger partial charge in [0.15, 0.2) is 0 Å². The smallest absolute Gasteiger partial charge is 0.104 e. The van der Waals surface area contributed by atoms with Crippen molar-refractivity contribution in [2.24, 2.45) is 0 Å². The van der Waals surface area contributed by atoms with Gasteiger partial charge >= 0.3 is 0 Å². The van der Waals surface area contributed by atoms with E-state index in [2.05, 4.69) is 111 Å². The molecule has 29 heavy (non-hydrogen) atoms. The molecule has 0 saturated heterocycles. The standard InChI is InChI=1S/C25H30NOPS/c1-20-13-9-11-17-23(20)28(24-18-12-10-14-21(24)2)26(29(27)25(3,4)5)19-22-15-7-6-8-16-22/h6-18H,19H2,1-5H3/t29-/m0/s1. The molecular formula is C25H30NOPS. The van der Waals surface area contributed by atoms with Gasteiger partial charge in [0.2, 0.25) is 0 Å². The molecule has 3 aromatic rings. The molecule has 0 fully saturated rings. The summed E-state index contributed by atoms with van der Waals surface area (Å²) in [5, 5.41) is 2.54. The maximum absolute atomic E-state index is 13.8. The van der Waals surface area contributed by atoms with Gasteiger partial charge < -0.3 is 0 Å². The molecule has 0 aliphatic heterocycles. The Labute approximate surface area is 179 Å². The molecule has 3 aromatic carbocycles. The molecule has 3 rings (SSSR count). The van der Waals surface area contributed by atoms with Crippen LogP contribution in [0.4, 0.5) is 0 Å². The first-order valence-electron chi connectivity index (χ1n) is 9.94. The summed E-state index contributed by atoms with van der Waals surface area (Å²) in [5.74, 6) is 0. The summed E-state index contributed by atoms with van der Waals surface area (Å²) in [6, 6.07) is 27.4. The number of aryl methyl sites for hydroxylation is 2. The fourth-order valence-electron chi connectivity index (χ4n) is 3.23. The van der Waals surface area contributed by atoms with Crippen LogP contribution in [0.25, 0.3) is 0 Å². The van der Waals surface area contributed by atoms with Gasteiger partial charge in [-0.3, -0.25) is 0 Å². The third-order valence-corrected chi connectivity index (χ3v) is 9.78. The van der Waals surface area contributed by atoms with E-state index in [1.165, 1.54) is 27.3 Å². The molecule has 0 amide bonds. The molecule has 0 bridgehead atoms. The van der Waals surface area contributed by atoms with Crippen LogP contribution in [0, 0.1) is 13.8 Å². The molecule has 0 spiro atoms. The van der Waals surface area contributed by atoms with E-state index in [0.717, 1.165) is 0 Å². The van der Waals surface area contributed by atoms with Crippen LogP contribution in [0.3, 0.4) is 0 Å². The highest BCUT2D eigenvalue weighted by Gasteiger charge is 2.34. The lowest BCUT2D eigenvalue weighted by atomic mass is 10.2. The van der Waals surface area contributed by atoms with Crippen LogP contribution in [-0.4, -0.2) is 13.0 Å². The predicted octanol–water partition coefficient (Wildman–Crippen LogP) is 5.62. The summed E-state index contributed by atoms with van der Waals surface area (Å²) in [6.07, 6.45) is 0. The van der Waals surface area contributed by atoms with Crippen molar-refractivity contribution in [3.8, 4) is 0 Å². The van der Waals surface area contributed by atoms with Crippen molar-refractivity contribution < 1.29 is 4.21 Å². The quantitative estimate of drug-likeness (QED) is 0.472. The Morgan fingerprint density at radius 1 is 0.759 bits per heavy atom. The van der Waals surface area contributed by atoms with Crippen LogP contribution in [0.15, 0.2) is 78.9 Å². The average Bonchev–Trinajstić information content (AvgIpc) is 2.69. The van der Waals surface area contributed by atoms with Crippen molar-refractivity contribution in [1.82, 2.24) is 4.08 Å². The zero-order chi connectivity index (χ0) is 21.0. The molecule has 0 saturated carbocycles. The summed E-state index contributed by atoms with van der Waals surface area (Å²) in [4.78, 5) is 0.